The molecule has 1 aromatic heterocycles. The molecular formula is C20H30N2O3. The summed E-state index contributed by atoms with van der Waals surface area (Å²) in [4.78, 5) is 29.1. The average Bonchev–Trinajstić information content (AvgIpc) is 3.05. The first-order chi connectivity index (χ1) is 12.1. The van der Waals surface area contributed by atoms with Crippen LogP contribution >= 0.6 is 0 Å². The highest BCUT2D eigenvalue weighted by Crippen LogP contribution is 2.36. The van der Waals surface area contributed by atoms with E-state index in [2.05, 4.69) is 4.90 Å². The Morgan fingerprint density at radius 3 is 2.40 bits per heavy atom. The quantitative estimate of drug-likeness (QED) is 0.840. The van der Waals surface area contributed by atoms with E-state index < -0.39 is 0 Å². The van der Waals surface area contributed by atoms with Gasteiger partial charge in [0.1, 0.15) is 5.76 Å². The summed E-state index contributed by atoms with van der Waals surface area (Å²) in [6, 6.07) is 3.97. The molecule has 5 heteroatoms. The lowest BCUT2D eigenvalue weighted by molar-refractivity contribution is -0.142. The van der Waals surface area contributed by atoms with Gasteiger partial charge in [-0.05, 0) is 50.7 Å². The maximum Gasteiger partial charge on any atom is 0.226 e. The number of rotatable bonds is 3. The van der Waals surface area contributed by atoms with Crippen molar-refractivity contribution in [3.05, 3.63) is 24.2 Å². The van der Waals surface area contributed by atoms with Crippen LogP contribution in [0.5, 0.6) is 0 Å². The highest BCUT2D eigenvalue weighted by Gasteiger charge is 2.36. The third-order valence-corrected chi connectivity index (χ3v) is 5.77. The molecule has 2 amide bonds. The van der Waals surface area contributed by atoms with Gasteiger partial charge in [0.25, 0.3) is 0 Å². The van der Waals surface area contributed by atoms with Crippen molar-refractivity contribution in [2.45, 2.75) is 57.4 Å². The molecule has 2 aliphatic rings. The molecule has 0 N–H and O–H groups in total. The van der Waals surface area contributed by atoms with E-state index in [-0.39, 0.29) is 29.7 Å². The summed E-state index contributed by atoms with van der Waals surface area (Å²) in [5.41, 5.74) is 0. The lowest BCUT2D eigenvalue weighted by atomic mass is 9.80. The fourth-order valence-electron chi connectivity index (χ4n) is 4.34. The summed E-state index contributed by atoms with van der Waals surface area (Å²) in [5, 5.41) is 0. The van der Waals surface area contributed by atoms with Crippen molar-refractivity contribution in [2.75, 3.05) is 20.6 Å². The minimum Gasteiger partial charge on any atom is -0.467 e. The van der Waals surface area contributed by atoms with Crippen LogP contribution in [0.1, 0.15) is 63.2 Å². The van der Waals surface area contributed by atoms with Crippen molar-refractivity contribution in [1.29, 1.82) is 0 Å². The normalized spacial score (nSPS) is 27.6. The molecule has 3 rings (SSSR count). The van der Waals surface area contributed by atoms with Crippen molar-refractivity contribution in [3.8, 4) is 0 Å². The molecule has 25 heavy (non-hydrogen) atoms. The highest BCUT2D eigenvalue weighted by atomic mass is 16.3. The van der Waals surface area contributed by atoms with E-state index in [1.807, 2.05) is 26.2 Å². The zero-order chi connectivity index (χ0) is 17.8. The Morgan fingerprint density at radius 1 is 1.04 bits per heavy atom. The molecule has 1 aromatic rings. The third kappa shape index (κ3) is 4.07. The number of nitrogens with zero attached hydrogens (tertiary/aromatic N) is 2. The number of amides is 2. The van der Waals surface area contributed by atoms with Crippen molar-refractivity contribution >= 4 is 11.8 Å². The first kappa shape index (κ1) is 18.0. The van der Waals surface area contributed by atoms with Crippen molar-refractivity contribution in [1.82, 2.24) is 9.80 Å². The molecule has 0 spiro atoms. The van der Waals surface area contributed by atoms with Gasteiger partial charge >= 0.3 is 0 Å². The molecule has 1 aliphatic heterocycles. The molecule has 1 aliphatic carbocycles. The second-order valence-electron chi connectivity index (χ2n) is 7.69. The van der Waals surface area contributed by atoms with Crippen LogP contribution in [0.15, 0.2) is 22.8 Å². The van der Waals surface area contributed by atoms with Crippen LogP contribution in [-0.4, -0.2) is 42.3 Å². The lowest BCUT2D eigenvalue weighted by Gasteiger charge is -2.35. The van der Waals surface area contributed by atoms with Gasteiger partial charge in [0.15, 0.2) is 0 Å². The van der Waals surface area contributed by atoms with E-state index in [0.717, 1.165) is 57.3 Å². The SMILES string of the molecule is CN(C)C(=O)C1CCC(C(=O)N2CCCCCC2c2ccco2)CC1. The molecule has 0 aromatic carbocycles. The maximum absolute atomic E-state index is 13.2. The van der Waals surface area contributed by atoms with Crippen LogP contribution < -0.4 is 0 Å². The summed E-state index contributed by atoms with van der Waals surface area (Å²) in [6.07, 6.45) is 9.35. The monoisotopic (exact) mass is 346 g/mol. The Balaban J connectivity index is 1.66. The molecule has 2 heterocycles. The Hall–Kier alpha value is -1.78. The van der Waals surface area contributed by atoms with E-state index in [9.17, 15) is 9.59 Å². The Bertz CT molecular complexity index is 574. The fourth-order valence-corrected chi connectivity index (χ4v) is 4.34. The van der Waals surface area contributed by atoms with Gasteiger partial charge in [-0.1, -0.05) is 12.8 Å². The molecule has 0 bridgehead atoms. The molecular weight excluding hydrogens is 316 g/mol. The minimum absolute atomic E-state index is 0.0572. The molecule has 138 valence electrons. The minimum atomic E-state index is 0.0572. The Kier molecular flexibility index (Phi) is 5.82. The Labute approximate surface area is 150 Å². The van der Waals surface area contributed by atoms with Crippen LogP contribution in [0.25, 0.3) is 0 Å². The molecule has 5 nitrogen and oxygen atoms in total. The number of hydrogen-bond acceptors (Lipinski definition) is 3. The second kappa shape index (κ2) is 8.07. The van der Waals surface area contributed by atoms with Gasteiger partial charge in [0.05, 0.1) is 12.3 Å². The molecule has 1 atom stereocenters. The van der Waals surface area contributed by atoms with E-state index >= 15 is 0 Å². The first-order valence-electron chi connectivity index (χ1n) is 9.63. The number of carbonyl (C=O) groups is 2. The number of furan rings is 1. The average molecular weight is 346 g/mol. The van der Waals surface area contributed by atoms with Gasteiger partial charge in [-0.3, -0.25) is 9.59 Å². The second-order valence-corrected chi connectivity index (χ2v) is 7.69. The standard InChI is InChI=1S/C20H30N2O3/c1-21(2)19(23)15-9-11-16(12-10-15)20(24)22-13-5-3-4-7-17(22)18-8-6-14-25-18/h6,8,14-17H,3-5,7,9-13H2,1-2H3. The fraction of sp³-hybridized carbons (Fsp3) is 0.700. The highest BCUT2D eigenvalue weighted by molar-refractivity contribution is 5.81. The number of likely N-dealkylation sites (tertiary alicyclic amines) is 1. The van der Waals surface area contributed by atoms with Crippen molar-refractivity contribution < 1.29 is 14.0 Å². The van der Waals surface area contributed by atoms with Crippen LogP contribution in [0, 0.1) is 11.8 Å². The van der Waals surface area contributed by atoms with Gasteiger partial charge in [0.2, 0.25) is 11.8 Å². The maximum atomic E-state index is 13.2. The van der Waals surface area contributed by atoms with Crippen LogP contribution in [0.2, 0.25) is 0 Å². The zero-order valence-corrected chi connectivity index (χ0v) is 15.4. The number of hydrogen-bond donors (Lipinski definition) is 0. The molecule has 0 radical (unpaired) electrons. The van der Waals surface area contributed by atoms with Crippen LogP contribution in [-0.2, 0) is 9.59 Å². The Morgan fingerprint density at radius 2 is 1.76 bits per heavy atom. The van der Waals surface area contributed by atoms with Crippen molar-refractivity contribution in [2.24, 2.45) is 11.8 Å². The summed E-state index contributed by atoms with van der Waals surface area (Å²) in [7, 11) is 3.62. The molecule has 1 saturated carbocycles. The summed E-state index contributed by atoms with van der Waals surface area (Å²) in [6.45, 7) is 0.820. The van der Waals surface area contributed by atoms with E-state index in [0.29, 0.717) is 0 Å². The van der Waals surface area contributed by atoms with Crippen LogP contribution in [0.4, 0.5) is 0 Å². The first-order valence-corrected chi connectivity index (χ1v) is 9.63. The summed E-state index contributed by atoms with van der Waals surface area (Å²) >= 11 is 0. The summed E-state index contributed by atoms with van der Waals surface area (Å²) in [5.74, 6) is 1.52. The van der Waals surface area contributed by atoms with Crippen molar-refractivity contribution in [3.63, 3.8) is 0 Å². The van der Waals surface area contributed by atoms with E-state index in [4.69, 9.17) is 4.42 Å². The molecule has 1 unspecified atom stereocenters. The largest absolute Gasteiger partial charge is 0.467 e. The van der Waals surface area contributed by atoms with Gasteiger partial charge in [0, 0.05) is 32.5 Å². The smallest absolute Gasteiger partial charge is 0.226 e. The van der Waals surface area contributed by atoms with E-state index in [1.54, 1.807) is 11.2 Å². The van der Waals surface area contributed by atoms with Gasteiger partial charge < -0.3 is 14.2 Å². The molecule has 2 fully saturated rings. The predicted molar refractivity (Wildman–Crippen MR) is 95.8 cm³/mol. The van der Waals surface area contributed by atoms with Crippen LogP contribution in [0.3, 0.4) is 0 Å². The van der Waals surface area contributed by atoms with Gasteiger partial charge in [-0.25, -0.2) is 0 Å². The van der Waals surface area contributed by atoms with E-state index in [1.165, 1.54) is 6.42 Å². The zero-order valence-electron chi connectivity index (χ0n) is 15.4. The topological polar surface area (TPSA) is 53.8 Å². The number of carbonyl (C=O) groups excluding carboxylic acids is 2. The van der Waals surface area contributed by atoms with Gasteiger partial charge in [-0.2, -0.15) is 0 Å². The third-order valence-electron chi connectivity index (χ3n) is 5.77. The lowest BCUT2D eigenvalue weighted by Crippen LogP contribution is -2.41. The summed E-state index contributed by atoms with van der Waals surface area (Å²) < 4.78 is 5.63. The van der Waals surface area contributed by atoms with Gasteiger partial charge in [-0.15, -0.1) is 0 Å². The predicted octanol–water partition coefficient (Wildman–Crippen LogP) is 3.62. The molecule has 1 saturated heterocycles.